The Bertz CT molecular complexity index is 941. The lowest BCUT2D eigenvalue weighted by Crippen LogP contribution is -2.37. The lowest BCUT2D eigenvalue weighted by Gasteiger charge is -2.26. The predicted octanol–water partition coefficient (Wildman–Crippen LogP) is 4.21. The molecule has 1 aliphatic heterocycles. The van der Waals surface area contributed by atoms with Gasteiger partial charge in [0, 0.05) is 31.8 Å². The fourth-order valence-electron chi connectivity index (χ4n) is 3.24. The van der Waals surface area contributed by atoms with Gasteiger partial charge in [-0.15, -0.1) is 11.3 Å². The van der Waals surface area contributed by atoms with Crippen LogP contribution in [0.4, 0.5) is 4.39 Å². The highest BCUT2D eigenvalue weighted by atomic mass is 32.1. The first-order valence-corrected chi connectivity index (χ1v) is 10.2. The van der Waals surface area contributed by atoms with Crippen molar-refractivity contribution in [3.63, 3.8) is 0 Å². The number of morpholine rings is 1. The minimum absolute atomic E-state index is 0.279. The number of rotatable bonds is 7. The van der Waals surface area contributed by atoms with Crippen molar-refractivity contribution in [2.45, 2.75) is 6.42 Å². The Morgan fingerprint density at radius 3 is 2.86 bits per heavy atom. The summed E-state index contributed by atoms with van der Waals surface area (Å²) >= 11 is 1.53. The minimum atomic E-state index is -0.279. The molecule has 1 aliphatic rings. The molecule has 0 spiro atoms. The molecular weight excluding hydrogens is 379 g/mol. The highest BCUT2D eigenvalue weighted by molar-refractivity contribution is 7.21. The molecule has 2 aromatic carbocycles. The van der Waals surface area contributed by atoms with E-state index in [0.29, 0.717) is 12.1 Å². The second-order valence-electron chi connectivity index (χ2n) is 6.65. The molecule has 148 valence electrons. The van der Waals surface area contributed by atoms with Crippen LogP contribution < -0.4 is 9.47 Å². The summed E-state index contributed by atoms with van der Waals surface area (Å²) in [6.07, 6.45) is 0.932. The molecule has 7 heteroatoms. The van der Waals surface area contributed by atoms with Gasteiger partial charge in [-0.25, -0.2) is 9.37 Å². The van der Waals surface area contributed by atoms with Crippen molar-refractivity contribution >= 4 is 21.6 Å². The number of benzene rings is 2. The molecule has 4 rings (SSSR count). The summed E-state index contributed by atoms with van der Waals surface area (Å²) in [6.45, 7) is 5.16. The van der Waals surface area contributed by atoms with Crippen molar-refractivity contribution in [1.29, 1.82) is 0 Å². The number of aromatic nitrogens is 1. The third-order valence-electron chi connectivity index (χ3n) is 4.75. The predicted molar refractivity (Wildman–Crippen MR) is 109 cm³/mol. The Morgan fingerprint density at radius 1 is 1.18 bits per heavy atom. The first-order chi connectivity index (χ1) is 13.7. The summed E-state index contributed by atoms with van der Waals surface area (Å²) in [5.74, 6) is 1.19. The number of hydrogen-bond acceptors (Lipinski definition) is 6. The first-order valence-electron chi connectivity index (χ1n) is 9.40. The topological polar surface area (TPSA) is 43.8 Å². The lowest BCUT2D eigenvalue weighted by atomic mass is 10.2. The highest BCUT2D eigenvalue weighted by Gasteiger charge is 2.14. The quantitative estimate of drug-likeness (QED) is 0.554. The van der Waals surface area contributed by atoms with Gasteiger partial charge in [-0.2, -0.15) is 0 Å². The molecular formula is C21H23FN2O3S. The maximum absolute atomic E-state index is 13.5. The van der Waals surface area contributed by atoms with Crippen LogP contribution in [-0.4, -0.2) is 56.4 Å². The van der Waals surface area contributed by atoms with E-state index in [1.165, 1.54) is 23.5 Å². The van der Waals surface area contributed by atoms with E-state index in [2.05, 4.69) is 9.88 Å². The van der Waals surface area contributed by atoms with Gasteiger partial charge in [0.2, 0.25) is 0 Å². The third-order valence-corrected chi connectivity index (χ3v) is 5.82. The van der Waals surface area contributed by atoms with E-state index in [0.717, 1.165) is 66.0 Å². The maximum atomic E-state index is 13.5. The molecule has 1 fully saturated rings. The number of ether oxygens (including phenoxy) is 3. The van der Waals surface area contributed by atoms with Crippen molar-refractivity contribution in [1.82, 2.24) is 9.88 Å². The summed E-state index contributed by atoms with van der Waals surface area (Å²) in [6, 6.07) is 10.4. The van der Waals surface area contributed by atoms with Gasteiger partial charge in [0.1, 0.15) is 22.3 Å². The summed E-state index contributed by atoms with van der Waals surface area (Å²) in [5.41, 5.74) is 1.56. The van der Waals surface area contributed by atoms with Crippen LogP contribution in [0.3, 0.4) is 0 Å². The van der Waals surface area contributed by atoms with Gasteiger partial charge in [-0.05, 0) is 30.7 Å². The van der Waals surface area contributed by atoms with Crippen molar-refractivity contribution in [2.24, 2.45) is 0 Å². The molecule has 5 nitrogen and oxygen atoms in total. The van der Waals surface area contributed by atoms with E-state index in [1.807, 2.05) is 18.2 Å². The van der Waals surface area contributed by atoms with Crippen LogP contribution in [0.2, 0.25) is 0 Å². The van der Waals surface area contributed by atoms with Gasteiger partial charge in [0.15, 0.2) is 0 Å². The minimum Gasteiger partial charge on any atom is -0.497 e. The van der Waals surface area contributed by atoms with Crippen LogP contribution in [0.5, 0.6) is 11.5 Å². The summed E-state index contributed by atoms with van der Waals surface area (Å²) in [7, 11) is 1.64. The number of methoxy groups -OCH3 is 1. The van der Waals surface area contributed by atoms with E-state index < -0.39 is 0 Å². The second-order valence-corrected chi connectivity index (χ2v) is 7.68. The monoisotopic (exact) mass is 402 g/mol. The molecule has 0 radical (unpaired) electrons. The molecule has 0 unspecified atom stereocenters. The van der Waals surface area contributed by atoms with E-state index in [-0.39, 0.29) is 5.82 Å². The number of hydrogen-bond donors (Lipinski definition) is 0. The summed E-state index contributed by atoms with van der Waals surface area (Å²) in [4.78, 5) is 6.99. The smallest absolute Gasteiger partial charge is 0.133 e. The zero-order valence-electron chi connectivity index (χ0n) is 15.8. The number of fused-ring (bicyclic) bond motifs is 1. The molecule has 1 aromatic heterocycles. The van der Waals surface area contributed by atoms with E-state index in [4.69, 9.17) is 14.2 Å². The van der Waals surface area contributed by atoms with Crippen molar-refractivity contribution in [3.05, 3.63) is 42.2 Å². The second kappa shape index (κ2) is 8.86. The molecule has 0 amide bonds. The molecule has 28 heavy (non-hydrogen) atoms. The Kier molecular flexibility index (Phi) is 6.04. The first kappa shape index (κ1) is 19.1. The maximum Gasteiger partial charge on any atom is 0.133 e. The van der Waals surface area contributed by atoms with Gasteiger partial charge in [-0.1, -0.05) is 0 Å². The van der Waals surface area contributed by atoms with E-state index in [1.54, 1.807) is 13.2 Å². The lowest BCUT2D eigenvalue weighted by molar-refractivity contribution is 0.0358. The molecule has 0 saturated carbocycles. The van der Waals surface area contributed by atoms with Crippen molar-refractivity contribution in [3.8, 4) is 22.1 Å². The molecule has 3 aromatic rings. The number of nitrogens with zero attached hydrogens (tertiary/aromatic N) is 2. The van der Waals surface area contributed by atoms with Crippen molar-refractivity contribution in [2.75, 3.05) is 46.6 Å². The Hall–Kier alpha value is -2.22. The number of thiazole rings is 1. The van der Waals surface area contributed by atoms with E-state index in [9.17, 15) is 4.39 Å². The van der Waals surface area contributed by atoms with Crippen molar-refractivity contribution < 1.29 is 18.6 Å². The van der Waals surface area contributed by atoms with Crippen LogP contribution in [0.15, 0.2) is 36.4 Å². The van der Waals surface area contributed by atoms with Crippen LogP contribution in [0, 0.1) is 5.82 Å². The van der Waals surface area contributed by atoms with Gasteiger partial charge < -0.3 is 14.2 Å². The standard InChI is InChI=1S/C21H23FN2O3S/c1-25-16-4-5-17(21-23-18-13-15(22)3-6-20(18)28-21)19(14-16)27-10-2-7-24-8-11-26-12-9-24/h3-6,13-14H,2,7-12H2,1H3. The Morgan fingerprint density at radius 2 is 2.04 bits per heavy atom. The van der Waals surface area contributed by atoms with Crippen LogP contribution >= 0.6 is 11.3 Å². The molecule has 0 bridgehead atoms. The molecule has 2 heterocycles. The molecule has 0 aliphatic carbocycles. The largest absolute Gasteiger partial charge is 0.497 e. The fraction of sp³-hybridized carbons (Fsp3) is 0.381. The molecule has 1 saturated heterocycles. The third kappa shape index (κ3) is 4.43. The van der Waals surface area contributed by atoms with Gasteiger partial charge in [0.05, 0.1) is 42.7 Å². The SMILES string of the molecule is COc1ccc(-c2nc3cc(F)ccc3s2)c(OCCCN2CCOCC2)c1. The summed E-state index contributed by atoms with van der Waals surface area (Å²) in [5, 5.41) is 0.812. The van der Waals surface area contributed by atoms with Crippen LogP contribution in [0.1, 0.15) is 6.42 Å². The Balaban J connectivity index is 1.50. The van der Waals surface area contributed by atoms with Crippen LogP contribution in [-0.2, 0) is 4.74 Å². The molecule has 0 N–H and O–H groups in total. The average Bonchev–Trinajstić information content (AvgIpc) is 3.14. The highest BCUT2D eigenvalue weighted by Crippen LogP contribution is 2.38. The van der Waals surface area contributed by atoms with Gasteiger partial charge in [-0.3, -0.25) is 4.90 Å². The number of halogens is 1. The average molecular weight is 402 g/mol. The normalized spacial score (nSPS) is 15.1. The fourth-order valence-corrected chi connectivity index (χ4v) is 4.21. The van der Waals surface area contributed by atoms with Gasteiger partial charge >= 0.3 is 0 Å². The Labute approximate surface area is 167 Å². The molecule has 0 atom stereocenters. The van der Waals surface area contributed by atoms with Gasteiger partial charge in [0.25, 0.3) is 0 Å². The zero-order chi connectivity index (χ0) is 19.3. The van der Waals surface area contributed by atoms with E-state index >= 15 is 0 Å². The van der Waals surface area contributed by atoms with Crippen LogP contribution in [0.25, 0.3) is 20.8 Å². The zero-order valence-corrected chi connectivity index (χ0v) is 16.6. The summed E-state index contributed by atoms with van der Waals surface area (Å²) < 4.78 is 31.3.